The maximum absolute atomic E-state index is 6.60. The van der Waals surface area contributed by atoms with Crippen LogP contribution in [-0.4, -0.2) is 0 Å². The first-order chi connectivity index (χ1) is 6.91. The van der Waals surface area contributed by atoms with Gasteiger partial charge >= 0.3 is 0 Å². The van der Waals surface area contributed by atoms with Gasteiger partial charge in [-0.25, -0.2) is 0 Å². The Morgan fingerprint density at radius 2 is 2.13 bits per heavy atom. The predicted octanol–water partition coefficient (Wildman–Crippen LogP) is 3.75. The van der Waals surface area contributed by atoms with Crippen LogP contribution in [0.25, 0.3) is 0 Å². The van der Waals surface area contributed by atoms with Gasteiger partial charge in [-0.05, 0) is 53.0 Å². The minimum atomic E-state index is -0.0822. The van der Waals surface area contributed by atoms with Gasteiger partial charge in [0.1, 0.15) is 0 Å². The highest BCUT2D eigenvalue weighted by atomic mass is 32.1. The average Bonchev–Trinajstić information content (AvgIpc) is 2.49. The van der Waals surface area contributed by atoms with Gasteiger partial charge in [-0.3, -0.25) is 0 Å². The molecule has 1 nitrogen and oxygen atoms in total. The van der Waals surface area contributed by atoms with Crippen LogP contribution in [0, 0.1) is 11.3 Å². The second-order valence-corrected chi connectivity index (χ2v) is 6.80. The summed E-state index contributed by atoms with van der Waals surface area (Å²) in [4.78, 5) is 0. The molecule has 1 heterocycles. The third kappa shape index (κ3) is 2.26. The standard InChI is InChI=1S/C13H21NS/c1-10-6-12(2,3)9-13(14,7-10)11-4-5-15-8-11/h4-5,8,10H,6-7,9,14H2,1-3H3. The third-order valence-corrected chi connectivity index (χ3v) is 4.19. The lowest BCUT2D eigenvalue weighted by molar-refractivity contribution is 0.107. The first-order valence-electron chi connectivity index (χ1n) is 5.73. The lowest BCUT2D eigenvalue weighted by Crippen LogP contribution is -2.46. The van der Waals surface area contributed by atoms with Crippen molar-refractivity contribution in [3.05, 3.63) is 22.4 Å². The van der Waals surface area contributed by atoms with Crippen molar-refractivity contribution in [1.29, 1.82) is 0 Å². The molecule has 84 valence electrons. The van der Waals surface area contributed by atoms with Crippen LogP contribution in [0.15, 0.2) is 16.8 Å². The van der Waals surface area contributed by atoms with E-state index in [1.165, 1.54) is 12.0 Å². The fourth-order valence-electron chi connectivity index (χ4n) is 3.40. The zero-order valence-corrected chi connectivity index (χ0v) is 10.7. The van der Waals surface area contributed by atoms with E-state index in [1.807, 2.05) is 0 Å². The van der Waals surface area contributed by atoms with Crippen molar-refractivity contribution in [1.82, 2.24) is 0 Å². The second kappa shape index (κ2) is 3.60. The molecule has 2 atom stereocenters. The molecule has 0 radical (unpaired) electrons. The molecule has 0 spiro atoms. The number of nitrogens with two attached hydrogens (primary N) is 1. The predicted molar refractivity (Wildman–Crippen MR) is 67.0 cm³/mol. The van der Waals surface area contributed by atoms with Crippen LogP contribution in [0.3, 0.4) is 0 Å². The molecule has 2 N–H and O–H groups in total. The fraction of sp³-hybridized carbons (Fsp3) is 0.692. The zero-order valence-electron chi connectivity index (χ0n) is 9.92. The van der Waals surface area contributed by atoms with Gasteiger partial charge in [-0.1, -0.05) is 20.8 Å². The van der Waals surface area contributed by atoms with Gasteiger partial charge in [-0.15, -0.1) is 0 Å². The molecule has 0 amide bonds. The summed E-state index contributed by atoms with van der Waals surface area (Å²) in [5, 5.41) is 4.35. The highest BCUT2D eigenvalue weighted by Gasteiger charge is 2.41. The topological polar surface area (TPSA) is 26.0 Å². The van der Waals surface area contributed by atoms with Crippen molar-refractivity contribution in [2.45, 2.75) is 45.6 Å². The monoisotopic (exact) mass is 223 g/mol. The van der Waals surface area contributed by atoms with Crippen molar-refractivity contribution in [2.75, 3.05) is 0 Å². The van der Waals surface area contributed by atoms with E-state index in [0.29, 0.717) is 5.41 Å². The molecule has 1 fully saturated rings. The molecule has 1 aromatic heterocycles. The van der Waals surface area contributed by atoms with E-state index in [-0.39, 0.29) is 5.54 Å². The summed E-state index contributed by atoms with van der Waals surface area (Å²) in [7, 11) is 0. The van der Waals surface area contributed by atoms with Crippen molar-refractivity contribution >= 4 is 11.3 Å². The maximum Gasteiger partial charge on any atom is 0.0425 e. The van der Waals surface area contributed by atoms with E-state index in [9.17, 15) is 0 Å². The van der Waals surface area contributed by atoms with Crippen LogP contribution in [0.2, 0.25) is 0 Å². The van der Waals surface area contributed by atoms with Gasteiger partial charge in [0, 0.05) is 5.54 Å². The Balaban J connectivity index is 2.28. The Morgan fingerprint density at radius 1 is 1.40 bits per heavy atom. The summed E-state index contributed by atoms with van der Waals surface area (Å²) >= 11 is 1.75. The van der Waals surface area contributed by atoms with Crippen LogP contribution in [-0.2, 0) is 5.54 Å². The Bertz CT molecular complexity index is 328. The van der Waals surface area contributed by atoms with E-state index >= 15 is 0 Å². The van der Waals surface area contributed by atoms with Gasteiger partial charge in [0.2, 0.25) is 0 Å². The largest absolute Gasteiger partial charge is 0.321 e. The fourth-order valence-corrected chi connectivity index (χ4v) is 4.17. The van der Waals surface area contributed by atoms with Gasteiger partial charge in [0.05, 0.1) is 0 Å². The zero-order chi connectivity index (χ0) is 11.1. The van der Waals surface area contributed by atoms with Gasteiger partial charge < -0.3 is 5.73 Å². The molecule has 1 saturated carbocycles. The Labute approximate surface area is 96.7 Å². The van der Waals surface area contributed by atoms with E-state index < -0.39 is 0 Å². The summed E-state index contributed by atoms with van der Waals surface area (Å²) in [6, 6.07) is 2.19. The summed E-state index contributed by atoms with van der Waals surface area (Å²) in [6.45, 7) is 7.02. The van der Waals surface area contributed by atoms with Crippen molar-refractivity contribution in [2.24, 2.45) is 17.1 Å². The van der Waals surface area contributed by atoms with E-state index in [4.69, 9.17) is 5.73 Å². The Kier molecular flexibility index (Phi) is 2.68. The molecule has 2 rings (SSSR count). The van der Waals surface area contributed by atoms with Crippen LogP contribution in [0.4, 0.5) is 0 Å². The molecule has 0 bridgehead atoms. The number of hydrogen-bond donors (Lipinski definition) is 1. The van der Waals surface area contributed by atoms with Gasteiger partial charge in [-0.2, -0.15) is 11.3 Å². The molecule has 1 aromatic rings. The smallest absolute Gasteiger partial charge is 0.0425 e. The molecule has 2 heteroatoms. The highest BCUT2D eigenvalue weighted by Crippen LogP contribution is 2.47. The molecule has 15 heavy (non-hydrogen) atoms. The van der Waals surface area contributed by atoms with E-state index in [0.717, 1.165) is 18.8 Å². The summed E-state index contributed by atoms with van der Waals surface area (Å²) < 4.78 is 0. The average molecular weight is 223 g/mol. The maximum atomic E-state index is 6.60. The SMILES string of the molecule is CC1CC(C)(C)CC(N)(c2ccsc2)C1. The van der Waals surface area contributed by atoms with E-state index in [1.54, 1.807) is 11.3 Å². The minimum Gasteiger partial charge on any atom is -0.321 e. The first kappa shape index (κ1) is 11.2. The van der Waals surface area contributed by atoms with Crippen LogP contribution in [0.1, 0.15) is 45.6 Å². The Morgan fingerprint density at radius 3 is 2.67 bits per heavy atom. The molecule has 2 unspecified atom stereocenters. The van der Waals surface area contributed by atoms with E-state index in [2.05, 4.69) is 37.6 Å². The number of rotatable bonds is 1. The molecule has 0 aromatic carbocycles. The molecule has 0 saturated heterocycles. The van der Waals surface area contributed by atoms with Crippen molar-refractivity contribution in [3.63, 3.8) is 0 Å². The lowest BCUT2D eigenvalue weighted by Gasteiger charge is -2.45. The molecule has 1 aliphatic carbocycles. The normalized spacial score (nSPS) is 35.3. The van der Waals surface area contributed by atoms with Gasteiger partial charge in [0.25, 0.3) is 0 Å². The minimum absolute atomic E-state index is 0.0822. The molecule has 0 aliphatic heterocycles. The number of thiophene rings is 1. The quantitative estimate of drug-likeness (QED) is 0.771. The first-order valence-corrected chi connectivity index (χ1v) is 6.67. The van der Waals surface area contributed by atoms with Crippen LogP contribution < -0.4 is 5.73 Å². The summed E-state index contributed by atoms with van der Waals surface area (Å²) in [6.07, 6.45) is 3.55. The summed E-state index contributed by atoms with van der Waals surface area (Å²) in [5.41, 5.74) is 8.24. The Hall–Kier alpha value is -0.340. The van der Waals surface area contributed by atoms with Crippen LogP contribution >= 0.6 is 11.3 Å². The number of hydrogen-bond acceptors (Lipinski definition) is 2. The molecular weight excluding hydrogens is 202 g/mol. The van der Waals surface area contributed by atoms with Crippen molar-refractivity contribution < 1.29 is 0 Å². The van der Waals surface area contributed by atoms with Gasteiger partial charge in [0.15, 0.2) is 0 Å². The highest BCUT2D eigenvalue weighted by molar-refractivity contribution is 7.08. The van der Waals surface area contributed by atoms with Crippen molar-refractivity contribution in [3.8, 4) is 0 Å². The summed E-state index contributed by atoms with van der Waals surface area (Å²) in [5.74, 6) is 0.735. The second-order valence-electron chi connectivity index (χ2n) is 6.02. The lowest BCUT2D eigenvalue weighted by atomic mass is 9.63. The molecule has 1 aliphatic rings. The van der Waals surface area contributed by atoms with Crippen LogP contribution in [0.5, 0.6) is 0 Å². The molecular formula is C13H21NS. The third-order valence-electron chi connectivity index (χ3n) is 3.50.